The van der Waals surface area contributed by atoms with Crippen molar-refractivity contribution in [2.24, 2.45) is 0 Å². The van der Waals surface area contributed by atoms with Crippen molar-refractivity contribution in [3.63, 3.8) is 0 Å². The van der Waals surface area contributed by atoms with E-state index in [0.29, 0.717) is 17.9 Å². The first-order valence-corrected chi connectivity index (χ1v) is 6.96. The number of para-hydroxylation sites is 1. The molecule has 3 nitrogen and oxygen atoms in total. The molecule has 2 aromatic carbocycles. The van der Waals surface area contributed by atoms with Gasteiger partial charge in [-0.15, -0.1) is 0 Å². The highest BCUT2D eigenvalue weighted by Gasteiger charge is 2.15. The molecule has 3 heteroatoms. The minimum Gasteiger partial charge on any atom is -0.494 e. The number of benzene rings is 2. The maximum Gasteiger partial charge on any atom is 0.228 e. The molecule has 0 radical (unpaired) electrons. The Hall–Kier alpha value is -2.55. The second-order valence-electron chi connectivity index (χ2n) is 4.89. The van der Waals surface area contributed by atoms with Gasteiger partial charge in [-0.05, 0) is 49.7 Å². The van der Waals surface area contributed by atoms with Crippen molar-refractivity contribution in [3.05, 3.63) is 65.4 Å². The monoisotopic (exact) mass is 280 g/mol. The summed E-state index contributed by atoms with van der Waals surface area (Å²) in [5.74, 6) is 1.01. The molecule has 0 atom stereocenters. The van der Waals surface area contributed by atoms with Crippen molar-refractivity contribution in [3.8, 4) is 5.75 Å². The fourth-order valence-electron chi connectivity index (χ4n) is 2.33. The van der Waals surface area contributed by atoms with E-state index in [2.05, 4.69) is 0 Å². The summed E-state index contributed by atoms with van der Waals surface area (Å²) in [6.45, 7) is 4.50. The number of fused-ring (bicyclic) bond motifs is 1. The van der Waals surface area contributed by atoms with E-state index in [1.54, 1.807) is 30.3 Å². The Morgan fingerprint density at radius 2 is 1.90 bits per heavy atom. The Morgan fingerprint density at radius 3 is 2.57 bits per heavy atom. The van der Waals surface area contributed by atoms with Crippen LogP contribution in [0.25, 0.3) is 11.0 Å². The molecule has 0 amide bonds. The number of hydrogen-bond donors (Lipinski definition) is 0. The van der Waals surface area contributed by atoms with Gasteiger partial charge in [0.2, 0.25) is 5.78 Å². The summed E-state index contributed by atoms with van der Waals surface area (Å²) in [5, 5.41) is 0.948. The van der Waals surface area contributed by atoms with Gasteiger partial charge in [0, 0.05) is 10.9 Å². The van der Waals surface area contributed by atoms with Crippen LogP contribution in [-0.4, -0.2) is 12.4 Å². The maximum atomic E-state index is 12.5. The molecule has 0 unspecified atom stereocenters. The van der Waals surface area contributed by atoms with E-state index in [1.165, 1.54) is 0 Å². The molecule has 0 saturated heterocycles. The van der Waals surface area contributed by atoms with Crippen LogP contribution < -0.4 is 4.74 Å². The Labute approximate surface area is 123 Å². The molecule has 0 fully saturated rings. The molecule has 1 heterocycles. The lowest BCUT2D eigenvalue weighted by molar-refractivity contribution is 0.101. The van der Waals surface area contributed by atoms with Crippen LogP contribution in [0.5, 0.6) is 5.75 Å². The highest BCUT2D eigenvalue weighted by atomic mass is 16.5. The maximum absolute atomic E-state index is 12.5. The van der Waals surface area contributed by atoms with E-state index < -0.39 is 0 Å². The topological polar surface area (TPSA) is 39.4 Å². The molecule has 0 aliphatic carbocycles. The minimum atomic E-state index is -0.117. The SMILES string of the molecule is CCOc1ccc(C(=O)c2cc3cccc(C)c3o2)cc1. The molecule has 0 aliphatic heterocycles. The van der Waals surface area contributed by atoms with Gasteiger partial charge in [-0.3, -0.25) is 4.79 Å². The zero-order valence-electron chi connectivity index (χ0n) is 12.1. The highest BCUT2D eigenvalue weighted by molar-refractivity contribution is 6.09. The fraction of sp³-hybridized carbons (Fsp3) is 0.167. The summed E-state index contributed by atoms with van der Waals surface area (Å²) in [4.78, 5) is 12.5. The van der Waals surface area contributed by atoms with Gasteiger partial charge in [0.05, 0.1) is 6.61 Å². The summed E-state index contributed by atoms with van der Waals surface area (Å²) >= 11 is 0. The Kier molecular flexibility index (Phi) is 3.48. The van der Waals surface area contributed by atoms with Gasteiger partial charge in [-0.2, -0.15) is 0 Å². The first-order valence-electron chi connectivity index (χ1n) is 6.96. The molecule has 3 aromatic rings. The third kappa shape index (κ3) is 2.55. The van der Waals surface area contributed by atoms with Crippen LogP contribution in [0.2, 0.25) is 0 Å². The number of hydrogen-bond acceptors (Lipinski definition) is 3. The third-order valence-corrected chi connectivity index (χ3v) is 3.39. The number of ketones is 1. The molecular weight excluding hydrogens is 264 g/mol. The molecule has 106 valence electrons. The first kappa shape index (κ1) is 13.4. The summed E-state index contributed by atoms with van der Waals surface area (Å²) in [5.41, 5.74) is 2.39. The van der Waals surface area contributed by atoms with Crippen LogP contribution in [-0.2, 0) is 0 Å². The molecule has 0 saturated carbocycles. The average molecular weight is 280 g/mol. The molecule has 3 rings (SSSR count). The largest absolute Gasteiger partial charge is 0.494 e. The summed E-state index contributed by atoms with van der Waals surface area (Å²) in [7, 11) is 0. The second-order valence-corrected chi connectivity index (χ2v) is 4.89. The van der Waals surface area contributed by atoms with Crippen LogP contribution in [0.1, 0.15) is 28.6 Å². The standard InChI is InChI=1S/C18H16O3/c1-3-20-15-9-7-13(8-10-15)17(19)16-11-14-6-4-5-12(2)18(14)21-16/h4-11H,3H2,1-2H3. The number of rotatable bonds is 4. The molecular formula is C18H16O3. The van der Waals surface area contributed by atoms with Gasteiger partial charge in [0.15, 0.2) is 5.76 Å². The summed E-state index contributed by atoms with van der Waals surface area (Å²) in [6.07, 6.45) is 0. The lowest BCUT2D eigenvalue weighted by Gasteiger charge is -2.03. The lowest BCUT2D eigenvalue weighted by atomic mass is 10.1. The number of furan rings is 1. The zero-order chi connectivity index (χ0) is 14.8. The van der Waals surface area contributed by atoms with Gasteiger partial charge in [-0.1, -0.05) is 18.2 Å². The van der Waals surface area contributed by atoms with Crippen molar-refractivity contribution in [1.82, 2.24) is 0 Å². The third-order valence-electron chi connectivity index (χ3n) is 3.39. The number of carbonyl (C=O) groups excluding carboxylic acids is 1. The molecule has 1 aromatic heterocycles. The summed E-state index contributed by atoms with van der Waals surface area (Å²) < 4.78 is 11.1. The quantitative estimate of drug-likeness (QED) is 0.666. The predicted octanol–water partition coefficient (Wildman–Crippen LogP) is 4.37. The molecule has 0 N–H and O–H groups in total. The molecule has 21 heavy (non-hydrogen) atoms. The predicted molar refractivity (Wildman–Crippen MR) is 82.0 cm³/mol. The van der Waals surface area contributed by atoms with Gasteiger partial charge >= 0.3 is 0 Å². The minimum absolute atomic E-state index is 0.117. The molecule has 0 bridgehead atoms. The van der Waals surface area contributed by atoms with Gasteiger partial charge < -0.3 is 9.15 Å². The van der Waals surface area contributed by atoms with Crippen molar-refractivity contribution >= 4 is 16.8 Å². The van der Waals surface area contributed by atoms with E-state index >= 15 is 0 Å². The normalized spacial score (nSPS) is 10.8. The van der Waals surface area contributed by atoms with Crippen LogP contribution in [0, 0.1) is 6.92 Å². The van der Waals surface area contributed by atoms with E-state index in [-0.39, 0.29) is 5.78 Å². The zero-order valence-corrected chi connectivity index (χ0v) is 12.1. The van der Waals surface area contributed by atoms with Crippen LogP contribution in [0.3, 0.4) is 0 Å². The second kappa shape index (κ2) is 5.44. The Balaban J connectivity index is 1.94. The first-order chi connectivity index (χ1) is 10.2. The van der Waals surface area contributed by atoms with Gasteiger partial charge in [0.25, 0.3) is 0 Å². The smallest absolute Gasteiger partial charge is 0.228 e. The van der Waals surface area contributed by atoms with E-state index in [1.807, 2.05) is 32.0 Å². The van der Waals surface area contributed by atoms with E-state index in [4.69, 9.17) is 9.15 Å². The van der Waals surface area contributed by atoms with Crippen LogP contribution in [0.4, 0.5) is 0 Å². The Morgan fingerprint density at radius 1 is 1.14 bits per heavy atom. The lowest BCUT2D eigenvalue weighted by Crippen LogP contribution is -1.99. The average Bonchev–Trinajstić information content (AvgIpc) is 2.93. The van der Waals surface area contributed by atoms with Crippen LogP contribution in [0.15, 0.2) is 52.9 Å². The van der Waals surface area contributed by atoms with Crippen molar-refractivity contribution in [2.75, 3.05) is 6.61 Å². The molecule has 0 spiro atoms. The number of ether oxygens (including phenoxy) is 1. The van der Waals surface area contributed by atoms with Crippen molar-refractivity contribution in [2.45, 2.75) is 13.8 Å². The van der Waals surface area contributed by atoms with Gasteiger partial charge in [0.1, 0.15) is 11.3 Å². The van der Waals surface area contributed by atoms with Gasteiger partial charge in [-0.25, -0.2) is 0 Å². The molecule has 0 aliphatic rings. The number of aryl methyl sites for hydroxylation is 1. The van der Waals surface area contributed by atoms with E-state index in [9.17, 15) is 4.79 Å². The van der Waals surface area contributed by atoms with Crippen molar-refractivity contribution in [1.29, 1.82) is 0 Å². The van der Waals surface area contributed by atoms with E-state index in [0.717, 1.165) is 22.3 Å². The number of carbonyl (C=O) groups is 1. The summed E-state index contributed by atoms with van der Waals surface area (Å²) in [6, 6.07) is 14.8. The Bertz CT molecular complexity index is 782. The fourth-order valence-corrected chi connectivity index (χ4v) is 2.33. The van der Waals surface area contributed by atoms with Crippen molar-refractivity contribution < 1.29 is 13.9 Å². The highest BCUT2D eigenvalue weighted by Crippen LogP contribution is 2.24. The van der Waals surface area contributed by atoms with Crippen LogP contribution >= 0.6 is 0 Å².